The molecule has 5 heteroatoms. The van der Waals surface area contributed by atoms with Crippen molar-refractivity contribution in [3.05, 3.63) is 0 Å². The number of carbonyl (C=O) groups excluding carboxylic acids is 2. The summed E-state index contributed by atoms with van der Waals surface area (Å²) in [4.78, 5) is 26.2. The van der Waals surface area contributed by atoms with Crippen LogP contribution in [0, 0.1) is 5.92 Å². The van der Waals surface area contributed by atoms with E-state index in [1.54, 1.807) is 0 Å². The van der Waals surface area contributed by atoms with E-state index in [0.29, 0.717) is 31.1 Å². The Bertz CT molecular complexity index is 401. The van der Waals surface area contributed by atoms with Gasteiger partial charge in [0, 0.05) is 31.5 Å². The van der Waals surface area contributed by atoms with Crippen molar-refractivity contribution in [1.29, 1.82) is 0 Å². The first kappa shape index (κ1) is 15.0. The second kappa shape index (κ2) is 6.44. The molecule has 2 aliphatic heterocycles. The van der Waals surface area contributed by atoms with E-state index < -0.39 is 0 Å². The molecular formula is C16H25NO4. The van der Waals surface area contributed by atoms with Crippen molar-refractivity contribution in [2.45, 2.75) is 63.6 Å². The van der Waals surface area contributed by atoms with Crippen LogP contribution in [0.2, 0.25) is 0 Å². The van der Waals surface area contributed by atoms with Crippen LogP contribution >= 0.6 is 0 Å². The van der Waals surface area contributed by atoms with E-state index in [2.05, 4.69) is 0 Å². The van der Waals surface area contributed by atoms with Gasteiger partial charge in [-0.2, -0.15) is 0 Å². The first-order valence-electron chi connectivity index (χ1n) is 8.17. The lowest BCUT2D eigenvalue weighted by Crippen LogP contribution is -2.53. The number of ketones is 1. The van der Waals surface area contributed by atoms with Crippen LogP contribution in [-0.2, 0) is 19.1 Å². The molecule has 3 unspecified atom stereocenters. The highest BCUT2D eigenvalue weighted by Crippen LogP contribution is 2.40. The average Bonchev–Trinajstić information content (AvgIpc) is 3.15. The minimum Gasteiger partial charge on any atom is -0.376 e. The molecular weight excluding hydrogens is 270 g/mol. The lowest BCUT2D eigenvalue weighted by Gasteiger charge is -2.40. The zero-order valence-corrected chi connectivity index (χ0v) is 12.8. The van der Waals surface area contributed by atoms with Crippen molar-refractivity contribution in [1.82, 2.24) is 4.90 Å². The topological polar surface area (TPSA) is 55.8 Å². The van der Waals surface area contributed by atoms with E-state index >= 15 is 0 Å². The molecule has 0 radical (unpaired) electrons. The highest BCUT2D eigenvalue weighted by Gasteiger charge is 2.43. The minimum atomic E-state index is 0.00989. The van der Waals surface area contributed by atoms with E-state index in [-0.39, 0.29) is 30.7 Å². The highest BCUT2D eigenvalue weighted by atomic mass is 16.5. The quantitative estimate of drug-likeness (QED) is 0.772. The number of rotatable bonds is 5. The molecule has 0 aromatic heterocycles. The molecule has 5 nitrogen and oxygen atoms in total. The van der Waals surface area contributed by atoms with Crippen LogP contribution < -0.4 is 0 Å². The molecule has 3 atom stereocenters. The van der Waals surface area contributed by atoms with E-state index in [1.165, 1.54) is 0 Å². The van der Waals surface area contributed by atoms with Crippen LogP contribution in [0.1, 0.15) is 45.4 Å². The molecule has 0 aromatic rings. The number of hydrogen-bond acceptors (Lipinski definition) is 4. The molecule has 118 valence electrons. The van der Waals surface area contributed by atoms with Crippen molar-refractivity contribution < 1.29 is 19.1 Å². The van der Waals surface area contributed by atoms with Crippen LogP contribution in [0.15, 0.2) is 0 Å². The Morgan fingerprint density at radius 3 is 2.81 bits per heavy atom. The molecule has 3 fully saturated rings. The van der Waals surface area contributed by atoms with Gasteiger partial charge in [0.2, 0.25) is 5.91 Å². The second-order valence-corrected chi connectivity index (χ2v) is 6.65. The molecule has 2 saturated heterocycles. The zero-order chi connectivity index (χ0) is 14.8. The van der Waals surface area contributed by atoms with E-state index in [1.807, 2.05) is 11.8 Å². The third kappa shape index (κ3) is 3.64. The molecule has 1 amide bonds. The van der Waals surface area contributed by atoms with Crippen molar-refractivity contribution in [3.8, 4) is 0 Å². The normalized spacial score (nSPS) is 33.5. The summed E-state index contributed by atoms with van der Waals surface area (Å²) in [7, 11) is 0. The Morgan fingerprint density at radius 1 is 1.33 bits per heavy atom. The highest BCUT2D eigenvalue weighted by molar-refractivity contribution is 5.85. The fraction of sp³-hybridized carbons (Fsp3) is 0.875. The average molecular weight is 295 g/mol. The molecule has 3 rings (SSSR count). The third-order valence-electron chi connectivity index (χ3n) is 4.80. The number of ether oxygens (including phenoxy) is 2. The maximum Gasteiger partial charge on any atom is 0.249 e. The Labute approximate surface area is 126 Å². The summed E-state index contributed by atoms with van der Waals surface area (Å²) < 4.78 is 11.0. The minimum absolute atomic E-state index is 0.00989. The Morgan fingerprint density at radius 2 is 2.14 bits per heavy atom. The number of nitrogens with zero attached hydrogens (tertiary/aromatic N) is 1. The van der Waals surface area contributed by atoms with E-state index in [9.17, 15) is 9.59 Å². The molecule has 21 heavy (non-hydrogen) atoms. The molecule has 1 saturated carbocycles. The summed E-state index contributed by atoms with van der Waals surface area (Å²) in [6.45, 7) is 3.39. The van der Waals surface area contributed by atoms with Gasteiger partial charge in [0.25, 0.3) is 0 Å². The number of carbonyl (C=O) groups is 2. The standard InChI is InChI=1S/C16H25NO4/c1-11-7-13(18)8-15(12-4-5-12)17(11)16(19)10-20-9-14-3-2-6-21-14/h11-12,14-15H,2-10H2,1H3. The molecule has 2 heterocycles. The predicted molar refractivity (Wildman–Crippen MR) is 76.9 cm³/mol. The smallest absolute Gasteiger partial charge is 0.249 e. The van der Waals surface area contributed by atoms with Crippen LogP contribution in [0.3, 0.4) is 0 Å². The molecule has 3 aliphatic rings. The molecule has 0 bridgehead atoms. The number of Topliss-reactive ketones (excluding diaryl/α,β-unsaturated/α-hetero) is 1. The lowest BCUT2D eigenvalue weighted by molar-refractivity contribution is -0.147. The summed E-state index contributed by atoms with van der Waals surface area (Å²) in [5.41, 5.74) is 0. The fourth-order valence-electron chi connectivity index (χ4n) is 3.60. The summed E-state index contributed by atoms with van der Waals surface area (Å²) >= 11 is 0. The van der Waals surface area contributed by atoms with Gasteiger partial charge in [-0.25, -0.2) is 0 Å². The van der Waals surface area contributed by atoms with Gasteiger partial charge < -0.3 is 14.4 Å². The molecule has 0 aromatic carbocycles. The Kier molecular flexibility index (Phi) is 4.60. The second-order valence-electron chi connectivity index (χ2n) is 6.65. The van der Waals surface area contributed by atoms with Crippen molar-refractivity contribution in [2.24, 2.45) is 5.92 Å². The van der Waals surface area contributed by atoms with Gasteiger partial charge in [0.1, 0.15) is 12.4 Å². The maximum atomic E-state index is 12.5. The number of piperidine rings is 1. The Hall–Kier alpha value is -0.940. The van der Waals surface area contributed by atoms with Crippen LogP contribution in [0.5, 0.6) is 0 Å². The molecule has 1 aliphatic carbocycles. The zero-order valence-electron chi connectivity index (χ0n) is 12.8. The van der Waals surface area contributed by atoms with Gasteiger partial charge >= 0.3 is 0 Å². The van der Waals surface area contributed by atoms with Crippen molar-refractivity contribution in [3.63, 3.8) is 0 Å². The van der Waals surface area contributed by atoms with Gasteiger partial charge in [0.15, 0.2) is 0 Å². The van der Waals surface area contributed by atoms with E-state index in [0.717, 1.165) is 32.3 Å². The SMILES string of the molecule is CC1CC(=O)CC(C2CC2)N1C(=O)COCC1CCCO1. The van der Waals surface area contributed by atoms with Crippen LogP contribution in [0.4, 0.5) is 0 Å². The van der Waals surface area contributed by atoms with Gasteiger partial charge in [-0.05, 0) is 38.5 Å². The lowest BCUT2D eigenvalue weighted by atomic mass is 9.92. The third-order valence-corrected chi connectivity index (χ3v) is 4.80. The van der Waals surface area contributed by atoms with Crippen LogP contribution in [-0.4, -0.2) is 54.6 Å². The number of likely N-dealkylation sites (tertiary alicyclic amines) is 1. The molecule has 0 N–H and O–H groups in total. The maximum absolute atomic E-state index is 12.5. The van der Waals surface area contributed by atoms with Gasteiger partial charge in [-0.1, -0.05) is 0 Å². The number of hydrogen-bond donors (Lipinski definition) is 0. The summed E-state index contributed by atoms with van der Waals surface area (Å²) in [6.07, 6.45) is 5.56. The summed E-state index contributed by atoms with van der Waals surface area (Å²) in [6, 6.07) is 0.121. The fourth-order valence-corrected chi connectivity index (χ4v) is 3.60. The molecule has 0 spiro atoms. The monoisotopic (exact) mass is 295 g/mol. The van der Waals surface area contributed by atoms with Gasteiger partial charge in [-0.15, -0.1) is 0 Å². The summed E-state index contributed by atoms with van der Waals surface area (Å²) in [5, 5.41) is 0. The number of amides is 1. The van der Waals surface area contributed by atoms with Gasteiger partial charge in [-0.3, -0.25) is 9.59 Å². The van der Waals surface area contributed by atoms with Crippen LogP contribution in [0.25, 0.3) is 0 Å². The van der Waals surface area contributed by atoms with Gasteiger partial charge in [0.05, 0.1) is 12.7 Å². The Balaban J connectivity index is 1.52. The first-order valence-corrected chi connectivity index (χ1v) is 8.17. The van der Waals surface area contributed by atoms with Crippen molar-refractivity contribution >= 4 is 11.7 Å². The largest absolute Gasteiger partial charge is 0.376 e. The van der Waals surface area contributed by atoms with E-state index in [4.69, 9.17) is 9.47 Å². The van der Waals surface area contributed by atoms with Crippen molar-refractivity contribution in [2.75, 3.05) is 19.8 Å². The first-order chi connectivity index (χ1) is 10.1. The predicted octanol–water partition coefficient (Wildman–Crippen LogP) is 1.54. The summed E-state index contributed by atoms with van der Waals surface area (Å²) in [5.74, 6) is 0.854.